The fraction of sp³-hybridized carbons (Fsp3) is 0.333. The van der Waals surface area contributed by atoms with Crippen molar-refractivity contribution in [1.82, 2.24) is 5.32 Å². The van der Waals surface area contributed by atoms with Gasteiger partial charge in [-0.1, -0.05) is 23.8 Å². The number of benzene rings is 1. The average Bonchev–Trinajstić information content (AvgIpc) is 2.23. The average molecular weight is 190 g/mol. The minimum Gasteiger partial charge on any atom is -0.237 e. The van der Waals surface area contributed by atoms with Crippen LogP contribution in [-0.4, -0.2) is 13.1 Å². The van der Waals surface area contributed by atoms with E-state index in [1.165, 1.54) is 23.3 Å². The molecule has 1 radical (unpaired) electrons. The smallest absolute Gasteiger partial charge is 0.123 e. The molecule has 0 N–H and O–H groups in total. The second-order valence-electron chi connectivity index (χ2n) is 3.55. The molecule has 0 saturated heterocycles. The molecule has 0 atom stereocenters. The maximum absolute atomic E-state index is 12.6. The maximum atomic E-state index is 12.6. The number of halogens is 1. The molecule has 73 valence electrons. The van der Waals surface area contributed by atoms with E-state index < -0.39 is 0 Å². The zero-order valence-corrected chi connectivity index (χ0v) is 8.04. The molecule has 1 heterocycles. The Labute approximate surface area is 83.6 Å². The van der Waals surface area contributed by atoms with E-state index in [1.54, 1.807) is 0 Å². The van der Waals surface area contributed by atoms with Crippen LogP contribution >= 0.6 is 0 Å². The lowest BCUT2D eigenvalue weighted by atomic mass is 10.0. The van der Waals surface area contributed by atoms with Crippen molar-refractivity contribution in [3.8, 4) is 0 Å². The molecule has 0 aromatic heterocycles. The first-order valence-corrected chi connectivity index (χ1v) is 4.90. The Hall–Kier alpha value is -1.15. The third kappa shape index (κ3) is 2.42. The van der Waals surface area contributed by atoms with Crippen molar-refractivity contribution in [2.45, 2.75) is 12.8 Å². The maximum Gasteiger partial charge on any atom is 0.123 e. The van der Waals surface area contributed by atoms with E-state index in [0.29, 0.717) is 0 Å². The van der Waals surface area contributed by atoms with E-state index >= 15 is 0 Å². The minimum absolute atomic E-state index is 0.165. The van der Waals surface area contributed by atoms with E-state index in [2.05, 4.69) is 11.4 Å². The van der Waals surface area contributed by atoms with Crippen LogP contribution in [0, 0.1) is 5.82 Å². The van der Waals surface area contributed by atoms with Crippen molar-refractivity contribution in [2.24, 2.45) is 0 Å². The van der Waals surface area contributed by atoms with Gasteiger partial charge in [0, 0.05) is 13.1 Å². The van der Waals surface area contributed by atoms with Crippen molar-refractivity contribution in [3.63, 3.8) is 0 Å². The molecule has 0 amide bonds. The third-order valence-electron chi connectivity index (χ3n) is 2.44. The molecule has 0 aliphatic carbocycles. The van der Waals surface area contributed by atoms with Crippen LogP contribution in [0.2, 0.25) is 0 Å². The summed E-state index contributed by atoms with van der Waals surface area (Å²) in [4.78, 5) is 0. The van der Waals surface area contributed by atoms with Gasteiger partial charge in [0.25, 0.3) is 0 Å². The van der Waals surface area contributed by atoms with Crippen LogP contribution in [-0.2, 0) is 6.42 Å². The lowest BCUT2D eigenvalue weighted by Gasteiger charge is -2.12. The topological polar surface area (TPSA) is 14.1 Å². The summed E-state index contributed by atoms with van der Waals surface area (Å²) in [5, 5.41) is 4.25. The Bertz CT molecular complexity index is 327. The van der Waals surface area contributed by atoms with Crippen molar-refractivity contribution in [2.75, 3.05) is 13.1 Å². The summed E-state index contributed by atoms with van der Waals surface area (Å²) in [7, 11) is 0. The molecule has 0 spiro atoms. The molecule has 14 heavy (non-hydrogen) atoms. The summed E-state index contributed by atoms with van der Waals surface area (Å²) in [6.07, 6.45) is 4.17. The fourth-order valence-electron chi connectivity index (χ4n) is 1.63. The van der Waals surface area contributed by atoms with Crippen LogP contribution in [0.25, 0.3) is 0 Å². The molecule has 0 unspecified atom stereocenters. The van der Waals surface area contributed by atoms with Crippen LogP contribution in [0.5, 0.6) is 0 Å². The van der Waals surface area contributed by atoms with Gasteiger partial charge in [0.2, 0.25) is 0 Å². The Morgan fingerprint density at radius 3 is 2.64 bits per heavy atom. The summed E-state index contributed by atoms with van der Waals surface area (Å²) in [6.45, 7) is 1.78. The molecule has 1 nitrogen and oxygen atoms in total. The van der Waals surface area contributed by atoms with Crippen molar-refractivity contribution < 1.29 is 4.39 Å². The second kappa shape index (κ2) is 4.38. The van der Waals surface area contributed by atoms with E-state index in [-0.39, 0.29) is 5.82 Å². The predicted octanol–water partition coefficient (Wildman–Crippen LogP) is 2.30. The SMILES string of the molecule is Fc1ccc(CC2=CC[N]CC2)cc1. The van der Waals surface area contributed by atoms with Crippen LogP contribution < -0.4 is 5.32 Å². The zero-order chi connectivity index (χ0) is 9.80. The molecule has 1 aliphatic rings. The Morgan fingerprint density at radius 2 is 2.00 bits per heavy atom. The van der Waals surface area contributed by atoms with Gasteiger partial charge >= 0.3 is 0 Å². The first-order valence-electron chi connectivity index (χ1n) is 4.90. The first-order chi connectivity index (χ1) is 6.84. The standard InChI is InChI=1S/C12H13FN/c13-12-3-1-10(2-4-12)9-11-5-7-14-8-6-11/h1-5H,6-9H2. The van der Waals surface area contributed by atoms with Gasteiger partial charge in [-0.15, -0.1) is 0 Å². The molecule has 1 aliphatic heterocycles. The lowest BCUT2D eigenvalue weighted by Crippen LogP contribution is -2.14. The summed E-state index contributed by atoms with van der Waals surface area (Å²) in [5.74, 6) is -0.165. The van der Waals surface area contributed by atoms with Crippen LogP contribution in [0.1, 0.15) is 12.0 Å². The fourth-order valence-corrected chi connectivity index (χ4v) is 1.63. The molecular weight excluding hydrogens is 177 g/mol. The van der Waals surface area contributed by atoms with Gasteiger partial charge in [0.1, 0.15) is 5.82 Å². The van der Waals surface area contributed by atoms with Crippen molar-refractivity contribution in [3.05, 3.63) is 47.3 Å². The Kier molecular flexibility index (Phi) is 2.94. The highest BCUT2D eigenvalue weighted by atomic mass is 19.1. The molecule has 2 heteroatoms. The number of rotatable bonds is 2. The van der Waals surface area contributed by atoms with Gasteiger partial charge in [-0.2, -0.15) is 0 Å². The van der Waals surface area contributed by atoms with Gasteiger partial charge in [0.05, 0.1) is 0 Å². The monoisotopic (exact) mass is 190 g/mol. The van der Waals surface area contributed by atoms with E-state index in [9.17, 15) is 4.39 Å². The molecule has 1 aromatic carbocycles. The second-order valence-corrected chi connectivity index (χ2v) is 3.55. The Balaban J connectivity index is 2.03. The molecule has 0 saturated carbocycles. The van der Waals surface area contributed by atoms with Gasteiger partial charge in [-0.25, -0.2) is 9.71 Å². The molecule has 0 bridgehead atoms. The molecular formula is C12H13FN. The predicted molar refractivity (Wildman–Crippen MR) is 54.7 cm³/mol. The Morgan fingerprint density at radius 1 is 1.21 bits per heavy atom. The highest BCUT2D eigenvalue weighted by molar-refractivity contribution is 5.23. The van der Waals surface area contributed by atoms with Crippen molar-refractivity contribution >= 4 is 0 Å². The van der Waals surface area contributed by atoms with Gasteiger partial charge in [-0.05, 0) is 30.5 Å². The van der Waals surface area contributed by atoms with E-state index in [4.69, 9.17) is 0 Å². The van der Waals surface area contributed by atoms with Crippen molar-refractivity contribution in [1.29, 1.82) is 0 Å². The summed E-state index contributed by atoms with van der Waals surface area (Å²) in [5.41, 5.74) is 2.60. The number of hydrogen-bond donors (Lipinski definition) is 0. The summed E-state index contributed by atoms with van der Waals surface area (Å²) >= 11 is 0. The molecule has 1 aromatic rings. The molecule has 0 fully saturated rings. The first kappa shape index (κ1) is 9.41. The minimum atomic E-state index is -0.165. The lowest BCUT2D eigenvalue weighted by molar-refractivity contribution is 0.626. The largest absolute Gasteiger partial charge is 0.237 e. The van der Waals surface area contributed by atoms with Crippen LogP contribution in [0.4, 0.5) is 4.39 Å². The summed E-state index contributed by atoms with van der Waals surface area (Å²) < 4.78 is 12.6. The third-order valence-corrected chi connectivity index (χ3v) is 2.44. The highest BCUT2D eigenvalue weighted by Gasteiger charge is 2.04. The number of nitrogens with zero attached hydrogens (tertiary/aromatic N) is 1. The molecule has 2 rings (SSSR count). The van der Waals surface area contributed by atoms with E-state index in [1.807, 2.05) is 12.1 Å². The van der Waals surface area contributed by atoms with Gasteiger partial charge < -0.3 is 0 Å². The summed E-state index contributed by atoms with van der Waals surface area (Å²) in [6, 6.07) is 6.73. The number of hydrogen-bond acceptors (Lipinski definition) is 0. The van der Waals surface area contributed by atoms with Crippen LogP contribution in [0.3, 0.4) is 0 Å². The normalized spacial score (nSPS) is 16.5. The van der Waals surface area contributed by atoms with Crippen LogP contribution in [0.15, 0.2) is 35.9 Å². The van der Waals surface area contributed by atoms with Gasteiger partial charge in [-0.3, -0.25) is 0 Å². The zero-order valence-electron chi connectivity index (χ0n) is 8.04. The highest BCUT2D eigenvalue weighted by Crippen LogP contribution is 2.13. The van der Waals surface area contributed by atoms with E-state index in [0.717, 1.165) is 25.9 Å². The van der Waals surface area contributed by atoms with Gasteiger partial charge in [0.15, 0.2) is 0 Å². The quantitative estimate of drug-likeness (QED) is 0.635.